The van der Waals surface area contributed by atoms with Gasteiger partial charge in [-0.05, 0) is 83.0 Å². The molecular weight excluding hydrogens is 837 g/mol. The van der Waals surface area contributed by atoms with Crippen LogP contribution in [-0.2, 0) is 0 Å². The van der Waals surface area contributed by atoms with E-state index in [0.717, 1.165) is 27.5 Å². The highest BCUT2D eigenvalue weighted by Gasteiger charge is 2.26. The number of aliphatic hydroxyl groups is 2. The minimum absolute atomic E-state index is 0.0203. The molecule has 0 saturated carbocycles. The summed E-state index contributed by atoms with van der Waals surface area (Å²) in [6, 6.07) is 21.0. The Morgan fingerprint density at radius 1 is 0.409 bits per heavy atom. The van der Waals surface area contributed by atoms with Gasteiger partial charge in [-0.25, -0.2) is 29.9 Å². The third-order valence-corrected chi connectivity index (χ3v) is 10.5. The average molecular weight is 893 g/mol. The van der Waals surface area contributed by atoms with Gasteiger partial charge in [-0.15, -0.1) is 0 Å². The molecule has 0 amide bonds. The molecule has 0 atom stereocenters. The van der Waals surface area contributed by atoms with Gasteiger partial charge in [-0.2, -0.15) is 0 Å². The Kier molecular flexibility index (Phi) is 11.6. The summed E-state index contributed by atoms with van der Waals surface area (Å²) in [6.07, 6.45) is 0. The number of hydrogen-bond acceptors (Lipinski definition) is 13. The molecule has 0 saturated heterocycles. The number of nitrogens with one attached hydrogen (secondary N) is 2. The molecule has 9 rings (SSSR count). The number of nitrogens with zero attached hydrogens (tertiary/aromatic N) is 6. The molecule has 4 N–H and O–H groups in total. The predicted octanol–water partition coefficient (Wildman–Crippen LogP) is 9.89. The monoisotopic (exact) mass is 892 g/mol. The molecule has 0 unspecified atom stereocenters. The first kappa shape index (κ1) is 44.4. The number of rotatable bonds is 12. The van der Waals surface area contributed by atoms with Crippen LogP contribution in [0.4, 0.5) is 0 Å². The number of ether oxygens (including phenoxy) is 5. The van der Waals surface area contributed by atoms with Crippen molar-refractivity contribution in [1.29, 1.82) is 0 Å². The number of aromatic amines is 2. The molecule has 2 aliphatic heterocycles. The van der Waals surface area contributed by atoms with Gasteiger partial charge in [0.25, 0.3) is 0 Å². The highest BCUT2D eigenvalue weighted by atomic mass is 16.5. The first-order valence-corrected chi connectivity index (χ1v) is 22.2. The lowest BCUT2D eigenvalue weighted by Gasteiger charge is -2.19. The van der Waals surface area contributed by atoms with Crippen molar-refractivity contribution in [1.82, 2.24) is 39.9 Å². The highest BCUT2D eigenvalue weighted by molar-refractivity contribution is 6.12. The molecule has 2 aliphatic rings. The predicted molar refractivity (Wildman–Crippen MR) is 256 cm³/mol. The fourth-order valence-corrected chi connectivity index (χ4v) is 7.52. The number of aliphatic hydroxyl groups excluding tert-OH is 2. The summed E-state index contributed by atoms with van der Waals surface area (Å²) in [7, 11) is 0. The van der Waals surface area contributed by atoms with E-state index in [2.05, 4.69) is 72.3 Å². The molecule has 66 heavy (non-hydrogen) atoms. The van der Waals surface area contributed by atoms with Gasteiger partial charge in [0.05, 0.1) is 43.8 Å². The van der Waals surface area contributed by atoms with Crippen LogP contribution in [-0.4, -0.2) is 96.3 Å². The molecule has 0 spiro atoms. The Balaban J connectivity index is 1.40. The van der Waals surface area contributed by atoms with E-state index in [0.29, 0.717) is 111 Å². The van der Waals surface area contributed by atoms with E-state index < -0.39 is 0 Å². The van der Waals surface area contributed by atoms with Crippen molar-refractivity contribution in [3.8, 4) is 74.3 Å². The zero-order chi connectivity index (χ0) is 46.5. The Morgan fingerprint density at radius 3 is 1.23 bits per heavy atom. The van der Waals surface area contributed by atoms with Crippen LogP contribution in [0.3, 0.4) is 0 Å². The van der Waals surface area contributed by atoms with Crippen molar-refractivity contribution in [2.45, 2.75) is 62.3 Å². The van der Waals surface area contributed by atoms with Crippen molar-refractivity contribution in [2.75, 3.05) is 46.2 Å². The molecule has 4 aromatic carbocycles. The lowest BCUT2D eigenvalue weighted by atomic mass is 9.98. The maximum atomic E-state index is 9.87. The largest absolute Gasteiger partial charge is 0.493 e. The summed E-state index contributed by atoms with van der Waals surface area (Å²) in [5.41, 5.74) is 4.42. The molecule has 15 heteroatoms. The van der Waals surface area contributed by atoms with E-state index in [9.17, 15) is 10.2 Å². The van der Waals surface area contributed by atoms with Crippen molar-refractivity contribution in [3.63, 3.8) is 0 Å². The van der Waals surface area contributed by atoms with Gasteiger partial charge in [-0.1, -0.05) is 62.3 Å². The van der Waals surface area contributed by atoms with Gasteiger partial charge in [0.2, 0.25) is 0 Å². The number of benzene rings is 4. The summed E-state index contributed by atoms with van der Waals surface area (Å²) < 4.78 is 31.2. The molecule has 15 nitrogen and oxygen atoms in total. The summed E-state index contributed by atoms with van der Waals surface area (Å²) in [5, 5.41) is 22.4. The van der Waals surface area contributed by atoms with Crippen LogP contribution < -0.4 is 23.7 Å². The first-order valence-electron chi connectivity index (χ1n) is 22.2. The number of H-pyrrole nitrogens is 2. The fourth-order valence-electron chi connectivity index (χ4n) is 7.52. The fraction of sp³-hybridized carbons (Fsp3) is 0.373. The molecule has 0 fully saturated rings. The van der Waals surface area contributed by atoms with E-state index in [1.54, 1.807) is 12.1 Å². The van der Waals surface area contributed by atoms with Gasteiger partial charge in [-0.3, -0.25) is 0 Å². The van der Waals surface area contributed by atoms with E-state index >= 15 is 0 Å². The molecule has 0 radical (unpaired) electrons. The number of hydrogen-bond donors (Lipinski definition) is 4. The normalized spacial score (nSPS) is 12.6. The van der Waals surface area contributed by atoms with E-state index in [-0.39, 0.29) is 42.7 Å². The van der Waals surface area contributed by atoms with E-state index in [1.165, 1.54) is 0 Å². The van der Waals surface area contributed by atoms with Crippen LogP contribution >= 0.6 is 0 Å². The van der Waals surface area contributed by atoms with Gasteiger partial charge in [0, 0.05) is 33.0 Å². The third kappa shape index (κ3) is 9.31. The molecule has 7 aromatic rings. The Bertz CT molecular complexity index is 3160. The second-order valence-corrected chi connectivity index (χ2v) is 20.2. The van der Waals surface area contributed by atoms with Crippen molar-refractivity contribution in [3.05, 3.63) is 66.7 Å². The summed E-state index contributed by atoms with van der Waals surface area (Å²) in [4.78, 5) is 38.1. The molecule has 342 valence electrons. The number of aromatic nitrogens is 8. The zero-order valence-corrected chi connectivity index (χ0v) is 38.9. The number of fused-ring (bicyclic) bond motifs is 20. The van der Waals surface area contributed by atoms with Crippen molar-refractivity contribution < 1.29 is 33.9 Å². The van der Waals surface area contributed by atoms with E-state index in [1.807, 2.05) is 54.6 Å². The standard InChI is InChI=1S/C51H56N8O7/c1-49(2,3)25-64-28-10-13-31-34(22-28)44-52-41(31)53-45-35-23-29(65-26-50(4,5)6)12-15-33(35)43(56-45)57-47-39-37(62-20-18-60)16-17-38(63-21-19-61)40(39)48(59-47)58-46-36-24-30(66-27-51(7,8)9)11-14-32(36)42(54-44)55-46/h10-17,22-24,60-61H,18-21,25-27H2,1-9H3,(H2,52,53,54,55,56,57,58,59). The van der Waals surface area contributed by atoms with Crippen LogP contribution in [0.5, 0.6) is 28.7 Å². The maximum Gasteiger partial charge on any atom is 0.164 e. The molecule has 0 aliphatic carbocycles. The Morgan fingerprint density at radius 2 is 0.788 bits per heavy atom. The minimum Gasteiger partial charge on any atom is -0.493 e. The summed E-state index contributed by atoms with van der Waals surface area (Å²) in [5.74, 6) is 4.42. The van der Waals surface area contributed by atoms with Crippen LogP contribution in [0.15, 0.2) is 66.7 Å². The average Bonchev–Trinajstić information content (AvgIpc) is 4.00. The SMILES string of the molecule is CC(C)(C)COc1ccc2c(c1)-c1nc-2nc2[nH]c(nc3nc(nc4[nH]c(n1)c1ccc(OCC(C)(C)C)cc41)-c1ccc(OCC(C)(C)C)cc1-3)c1c(OCCO)ccc(OCCO)c21. The molecule has 5 heterocycles. The van der Waals surface area contributed by atoms with Gasteiger partial charge >= 0.3 is 0 Å². The molecule has 8 bridgehead atoms. The first-order chi connectivity index (χ1) is 31.4. The van der Waals surface area contributed by atoms with Gasteiger partial charge < -0.3 is 43.9 Å². The highest BCUT2D eigenvalue weighted by Crippen LogP contribution is 2.43. The third-order valence-electron chi connectivity index (χ3n) is 10.5. The maximum absolute atomic E-state index is 9.87. The Labute approximate surface area is 382 Å². The molecule has 3 aromatic heterocycles. The van der Waals surface area contributed by atoms with Crippen LogP contribution in [0.1, 0.15) is 62.3 Å². The van der Waals surface area contributed by atoms with Crippen LogP contribution in [0.2, 0.25) is 0 Å². The van der Waals surface area contributed by atoms with Crippen LogP contribution in [0, 0.1) is 16.2 Å². The Hall–Kier alpha value is -6.84. The molecular formula is C51H56N8O7. The summed E-state index contributed by atoms with van der Waals surface area (Å²) in [6.45, 7) is 20.2. The van der Waals surface area contributed by atoms with Crippen molar-refractivity contribution in [2.24, 2.45) is 16.2 Å². The summed E-state index contributed by atoms with van der Waals surface area (Å²) >= 11 is 0. The van der Waals surface area contributed by atoms with E-state index in [4.69, 9.17) is 53.6 Å². The zero-order valence-electron chi connectivity index (χ0n) is 38.9. The topological polar surface area (TPSA) is 196 Å². The second kappa shape index (κ2) is 17.2. The quantitative estimate of drug-likeness (QED) is 0.0906. The van der Waals surface area contributed by atoms with Gasteiger partial charge in [0.1, 0.15) is 64.6 Å². The smallest absolute Gasteiger partial charge is 0.164 e. The van der Waals surface area contributed by atoms with Gasteiger partial charge in [0.15, 0.2) is 23.3 Å². The lowest BCUT2D eigenvalue weighted by molar-refractivity contribution is 0.198. The second-order valence-electron chi connectivity index (χ2n) is 20.2. The van der Waals surface area contributed by atoms with Crippen LogP contribution in [0.25, 0.3) is 89.7 Å². The lowest BCUT2D eigenvalue weighted by Crippen LogP contribution is -2.16. The van der Waals surface area contributed by atoms with Crippen molar-refractivity contribution >= 4 is 44.1 Å². The minimum atomic E-state index is -0.216.